The van der Waals surface area contributed by atoms with Gasteiger partial charge < -0.3 is 9.84 Å². The van der Waals surface area contributed by atoms with Gasteiger partial charge >= 0.3 is 0 Å². The van der Waals surface area contributed by atoms with Gasteiger partial charge in [0.2, 0.25) is 11.7 Å². The predicted octanol–water partition coefficient (Wildman–Crippen LogP) is 2.15. The molecule has 0 amide bonds. The molecular weight excluding hydrogens is 309 g/mol. The van der Waals surface area contributed by atoms with Crippen LogP contribution in [0.1, 0.15) is 12.8 Å². The van der Waals surface area contributed by atoms with Gasteiger partial charge in [-0.2, -0.15) is 4.98 Å². The van der Waals surface area contributed by atoms with E-state index in [9.17, 15) is 13.2 Å². The molecular formula is C15H17F3N4O. The third-order valence-electron chi connectivity index (χ3n) is 3.66. The van der Waals surface area contributed by atoms with Gasteiger partial charge in [0, 0.05) is 31.7 Å². The molecule has 1 atom stereocenters. The molecule has 0 spiro atoms. The van der Waals surface area contributed by atoms with Crippen LogP contribution in [0.4, 0.5) is 13.2 Å². The van der Waals surface area contributed by atoms with E-state index in [0.29, 0.717) is 37.6 Å². The Bertz CT molecular complexity index is 689. The highest BCUT2D eigenvalue weighted by Gasteiger charge is 2.29. The maximum atomic E-state index is 14.2. The van der Waals surface area contributed by atoms with E-state index in [0.717, 1.165) is 12.1 Å². The van der Waals surface area contributed by atoms with Gasteiger partial charge in [-0.25, -0.2) is 13.2 Å². The van der Waals surface area contributed by atoms with Crippen molar-refractivity contribution in [3.8, 4) is 11.4 Å². The van der Waals surface area contributed by atoms with Crippen LogP contribution < -0.4 is 5.32 Å². The van der Waals surface area contributed by atoms with Crippen molar-refractivity contribution in [3.63, 3.8) is 0 Å². The first kappa shape index (κ1) is 15.9. The number of nitrogens with zero attached hydrogens (tertiary/aromatic N) is 3. The van der Waals surface area contributed by atoms with Crippen molar-refractivity contribution in [2.24, 2.45) is 0 Å². The summed E-state index contributed by atoms with van der Waals surface area (Å²) in [5.74, 6) is -1.42. The van der Waals surface area contributed by atoms with E-state index in [2.05, 4.69) is 15.5 Å². The summed E-state index contributed by atoms with van der Waals surface area (Å²) >= 11 is 0. The predicted molar refractivity (Wildman–Crippen MR) is 77.3 cm³/mol. The monoisotopic (exact) mass is 326 g/mol. The van der Waals surface area contributed by atoms with Crippen LogP contribution in [0.5, 0.6) is 0 Å². The fourth-order valence-corrected chi connectivity index (χ4v) is 2.59. The van der Waals surface area contributed by atoms with E-state index < -0.39 is 17.3 Å². The molecule has 0 aliphatic carbocycles. The van der Waals surface area contributed by atoms with Gasteiger partial charge in [-0.1, -0.05) is 5.16 Å². The molecule has 2 heterocycles. The second-order valence-corrected chi connectivity index (χ2v) is 5.94. The standard InChI is InChI=1S/C15H17F3N4O/c1-15(18)8-19-4-5-22(9-15)7-13-20-14(21-23-13)10-2-3-11(16)12(17)6-10/h2-3,6,19H,4-5,7-9H2,1H3. The summed E-state index contributed by atoms with van der Waals surface area (Å²) in [6, 6.07) is 3.40. The molecule has 5 nitrogen and oxygen atoms in total. The number of aromatic nitrogens is 2. The van der Waals surface area contributed by atoms with Crippen LogP contribution in [0.25, 0.3) is 11.4 Å². The molecule has 8 heteroatoms. The van der Waals surface area contributed by atoms with Gasteiger partial charge in [0.15, 0.2) is 11.6 Å². The van der Waals surface area contributed by atoms with Crippen LogP contribution in [0.2, 0.25) is 0 Å². The first-order valence-corrected chi connectivity index (χ1v) is 7.33. The Morgan fingerprint density at radius 1 is 1.35 bits per heavy atom. The van der Waals surface area contributed by atoms with Crippen molar-refractivity contribution in [1.82, 2.24) is 20.4 Å². The van der Waals surface area contributed by atoms with Crippen LogP contribution in [-0.2, 0) is 6.54 Å². The summed E-state index contributed by atoms with van der Waals surface area (Å²) in [5.41, 5.74) is -1.01. The van der Waals surface area contributed by atoms with Crippen molar-refractivity contribution in [1.29, 1.82) is 0 Å². The molecule has 0 bridgehead atoms. The van der Waals surface area contributed by atoms with Crippen LogP contribution in [0.15, 0.2) is 22.7 Å². The molecule has 1 N–H and O–H groups in total. The Hall–Kier alpha value is -1.93. The van der Waals surface area contributed by atoms with Crippen molar-refractivity contribution in [3.05, 3.63) is 35.7 Å². The SMILES string of the molecule is CC1(F)CNCCN(Cc2nc(-c3ccc(F)c(F)c3)no2)C1. The average molecular weight is 326 g/mol. The number of nitrogens with one attached hydrogen (secondary N) is 1. The maximum absolute atomic E-state index is 14.2. The lowest BCUT2D eigenvalue weighted by molar-refractivity contribution is 0.118. The Kier molecular flexibility index (Phi) is 4.36. The molecule has 23 heavy (non-hydrogen) atoms. The highest BCUT2D eigenvalue weighted by molar-refractivity contribution is 5.54. The summed E-state index contributed by atoms with van der Waals surface area (Å²) in [4.78, 5) is 6.05. The zero-order valence-corrected chi connectivity index (χ0v) is 12.7. The van der Waals surface area contributed by atoms with Gasteiger partial charge in [0.1, 0.15) is 5.67 Å². The van der Waals surface area contributed by atoms with E-state index in [-0.39, 0.29) is 12.4 Å². The smallest absolute Gasteiger partial charge is 0.241 e. The fourth-order valence-electron chi connectivity index (χ4n) is 2.59. The van der Waals surface area contributed by atoms with E-state index >= 15 is 0 Å². The zero-order chi connectivity index (χ0) is 16.4. The molecule has 1 fully saturated rings. The van der Waals surface area contributed by atoms with Gasteiger partial charge in [-0.05, 0) is 25.1 Å². The minimum atomic E-state index is -1.33. The third kappa shape index (κ3) is 3.89. The van der Waals surface area contributed by atoms with E-state index in [1.165, 1.54) is 6.07 Å². The first-order valence-electron chi connectivity index (χ1n) is 7.33. The molecule has 1 aromatic heterocycles. The summed E-state index contributed by atoms with van der Waals surface area (Å²) in [6.07, 6.45) is 0. The molecule has 0 saturated carbocycles. The Morgan fingerprint density at radius 3 is 2.96 bits per heavy atom. The minimum absolute atomic E-state index is 0.176. The number of hydrogen-bond acceptors (Lipinski definition) is 5. The van der Waals surface area contributed by atoms with Crippen molar-refractivity contribution < 1.29 is 17.7 Å². The molecule has 124 valence electrons. The Labute approximate surface area is 131 Å². The zero-order valence-electron chi connectivity index (χ0n) is 12.7. The number of hydrogen-bond donors (Lipinski definition) is 1. The van der Waals surface area contributed by atoms with Crippen molar-refractivity contribution >= 4 is 0 Å². The normalized spacial score (nSPS) is 23.0. The number of rotatable bonds is 3. The second-order valence-electron chi connectivity index (χ2n) is 5.94. The lowest BCUT2D eigenvalue weighted by Gasteiger charge is -2.24. The van der Waals surface area contributed by atoms with Crippen LogP contribution >= 0.6 is 0 Å². The van der Waals surface area contributed by atoms with Gasteiger partial charge in [0.25, 0.3) is 0 Å². The number of halogens is 3. The topological polar surface area (TPSA) is 54.2 Å². The van der Waals surface area contributed by atoms with E-state index in [4.69, 9.17) is 4.52 Å². The lowest BCUT2D eigenvalue weighted by Crippen LogP contribution is -2.39. The molecule has 1 saturated heterocycles. The molecule has 1 unspecified atom stereocenters. The Balaban J connectivity index is 1.72. The average Bonchev–Trinajstić information content (AvgIpc) is 2.87. The molecule has 3 rings (SSSR count). The Morgan fingerprint density at radius 2 is 2.17 bits per heavy atom. The number of alkyl halides is 1. The maximum Gasteiger partial charge on any atom is 0.241 e. The van der Waals surface area contributed by atoms with Crippen molar-refractivity contribution in [2.45, 2.75) is 19.1 Å². The van der Waals surface area contributed by atoms with E-state index in [1.54, 1.807) is 6.92 Å². The molecule has 0 radical (unpaired) electrons. The first-order chi connectivity index (χ1) is 10.9. The van der Waals surface area contributed by atoms with Crippen LogP contribution in [-0.4, -0.2) is 46.9 Å². The van der Waals surface area contributed by atoms with E-state index in [1.807, 2.05) is 4.90 Å². The summed E-state index contributed by atoms with van der Waals surface area (Å²) in [7, 11) is 0. The van der Waals surface area contributed by atoms with Crippen LogP contribution in [0.3, 0.4) is 0 Å². The van der Waals surface area contributed by atoms with Gasteiger partial charge in [-0.15, -0.1) is 0 Å². The summed E-state index contributed by atoms with van der Waals surface area (Å²) < 4.78 is 45.5. The van der Waals surface area contributed by atoms with Gasteiger partial charge in [0.05, 0.1) is 6.54 Å². The molecule has 1 aliphatic heterocycles. The number of benzene rings is 1. The third-order valence-corrected chi connectivity index (χ3v) is 3.66. The fraction of sp³-hybridized carbons (Fsp3) is 0.467. The molecule has 2 aromatic rings. The highest BCUT2D eigenvalue weighted by atomic mass is 19.2. The second kappa shape index (κ2) is 6.29. The van der Waals surface area contributed by atoms with Gasteiger partial charge in [-0.3, -0.25) is 4.90 Å². The van der Waals surface area contributed by atoms with Crippen molar-refractivity contribution in [2.75, 3.05) is 26.2 Å². The lowest BCUT2D eigenvalue weighted by atomic mass is 10.1. The molecule has 1 aliphatic rings. The summed E-state index contributed by atoms with van der Waals surface area (Å²) in [6.45, 7) is 3.72. The van der Waals surface area contributed by atoms with Crippen LogP contribution in [0, 0.1) is 11.6 Å². The molecule has 1 aromatic carbocycles. The quantitative estimate of drug-likeness (QED) is 0.937. The largest absolute Gasteiger partial charge is 0.338 e. The summed E-state index contributed by atoms with van der Waals surface area (Å²) in [5, 5.41) is 6.81. The highest BCUT2D eigenvalue weighted by Crippen LogP contribution is 2.20. The minimum Gasteiger partial charge on any atom is -0.338 e.